The summed E-state index contributed by atoms with van der Waals surface area (Å²) >= 11 is 0. The third-order valence-electron chi connectivity index (χ3n) is 3.34. The Morgan fingerprint density at radius 3 is 1.56 bits per heavy atom. The fourth-order valence-electron chi connectivity index (χ4n) is 2.27. The van der Waals surface area contributed by atoms with Crippen LogP contribution in [0.4, 0.5) is 0 Å². The maximum absolute atomic E-state index is 4.65. The Bertz CT molecular complexity index is 676. The van der Waals surface area contributed by atoms with Gasteiger partial charge in [-0.1, -0.05) is 13.8 Å². The average Bonchev–Trinajstić information content (AvgIpc) is 2.86. The van der Waals surface area contributed by atoms with Crippen LogP contribution in [0.3, 0.4) is 0 Å². The van der Waals surface area contributed by atoms with Crippen LogP contribution >= 0.6 is 0 Å². The van der Waals surface area contributed by atoms with Gasteiger partial charge in [0.15, 0.2) is 22.6 Å². The predicted molar refractivity (Wildman–Crippen MR) is 69.3 cm³/mol. The standard InChI is InChI=1S/C12H16N6/c1-5-7-13-9-11(17(7)3)16-12-10(15-9)14-8(6-2)18(12)4/h5-6H2,1-4H3. The number of aryl methyl sites for hydroxylation is 4. The van der Waals surface area contributed by atoms with Gasteiger partial charge in [0.05, 0.1) is 0 Å². The molecule has 0 N–H and O–H groups in total. The summed E-state index contributed by atoms with van der Waals surface area (Å²) in [6.07, 6.45) is 1.75. The predicted octanol–water partition coefficient (Wildman–Crippen LogP) is 1.37. The molecule has 6 nitrogen and oxygen atoms in total. The molecule has 6 heteroatoms. The Morgan fingerprint density at radius 1 is 0.722 bits per heavy atom. The topological polar surface area (TPSA) is 61.4 Å². The number of hydrogen-bond donors (Lipinski definition) is 0. The maximum atomic E-state index is 4.65. The molecule has 0 saturated carbocycles. The molecule has 0 aliphatic heterocycles. The second-order valence-electron chi connectivity index (χ2n) is 4.40. The van der Waals surface area contributed by atoms with E-state index in [9.17, 15) is 0 Å². The van der Waals surface area contributed by atoms with Crippen molar-refractivity contribution in [3.8, 4) is 0 Å². The van der Waals surface area contributed by atoms with Gasteiger partial charge in [-0.05, 0) is 0 Å². The van der Waals surface area contributed by atoms with Gasteiger partial charge >= 0.3 is 0 Å². The first-order valence-corrected chi connectivity index (χ1v) is 6.20. The average molecular weight is 244 g/mol. The van der Waals surface area contributed by atoms with Gasteiger partial charge in [-0.3, -0.25) is 0 Å². The molecule has 0 unspecified atom stereocenters. The van der Waals surface area contributed by atoms with E-state index in [0.717, 1.165) is 35.8 Å². The number of imidazole rings is 2. The summed E-state index contributed by atoms with van der Waals surface area (Å²) in [4.78, 5) is 18.1. The van der Waals surface area contributed by atoms with E-state index in [0.29, 0.717) is 11.3 Å². The highest BCUT2D eigenvalue weighted by Crippen LogP contribution is 2.17. The highest BCUT2D eigenvalue weighted by atomic mass is 15.2. The zero-order valence-electron chi connectivity index (χ0n) is 11.1. The minimum atomic E-state index is 0.683. The Balaban J connectivity index is 2.39. The molecule has 0 aromatic carbocycles. The summed E-state index contributed by atoms with van der Waals surface area (Å²) in [6.45, 7) is 4.16. The molecule has 94 valence electrons. The molecule has 0 atom stereocenters. The lowest BCUT2D eigenvalue weighted by molar-refractivity contribution is 0.809. The molecule has 0 spiro atoms. The van der Waals surface area contributed by atoms with Crippen LogP contribution in [-0.2, 0) is 26.9 Å². The molecule has 0 saturated heterocycles. The van der Waals surface area contributed by atoms with E-state index in [2.05, 4.69) is 33.8 Å². The molecule has 3 aromatic rings. The first-order valence-electron chi connectivity index (χ1n) is 6.20. The molecule has 0 aliphatic rings. The summed E-state index contributed by atoms with van der Waals surface area (Å²) in [5.74, 6) is 1.99. The van der Waals surface area contributed by atoms with Crippen molar-refractivity contribution in [2.75, 3.05) is 0 Å². The smallest absolute Gasteiger partial charge is 0.199 e. The Labute approximate surface area is 105 Å². The van der Waals surface area contributed by atoms with Crippen LogP contribution in [0.25, 0.3) is 22.6 Å². The zero-order valence-corrected chi connectivity index (χ0v) is 11.1. The van der Waals surface area contributed by atoms with Gasteiger partial charge in [0.1, 0.15) is 11.6 Å². The monoisotopic (exact) mass is 244 g/mol. The molecule has 18 heavy (non-hydrogen) atoms. The second-order valence-corrected chi connectivity index (χ2v) is 4.40. The van der Waals surface area contributed by atoms with Crippen LogP contribution in [0, 0.1) is 0 Å². The number of nitrogens with zero attached hydrogens (tertiary/aromatic N) is 6. The van der Waals surface area contributed by atoms with Crippen LogP contribution < -0.4 is 0 Å². The quantitative estimate of drug-likeness (QED) is 0.683. The van der Waals surface area contributed by atoms with Gasteiger partial charge in [-0.25, -0.2) is 19.9 Å². The van der Waals surface area contributed by atoms with Crippen molar-refractivity contribution in [1.82, 2.24) is 29.1 Å². The zero-order chi connectivity index (χ0) is 12.9. The molecule has 3 rings (SSSR count). The first-order chi connectivity index (χ1) is 8.65. The fourth-order valence-corrected chi connectivity index (χ4v) is 2.27. The van der Waals surface area contributed by atoms with Crippen LogP contribution in [0.2, 0.25) is 0 Å². The Hall–Kier alpha value is -1.98. The molecule has 0 bridgehead atoms. The van der Waals surface area contributed by atoms with Crippen LogP contribution in [0.15, 0.2) is 0 Å². The maximum Gasteiger partial charge on any atom is 0.199 e. The molecule has 0 fully saturated rings. The van der Waals surface area contributed by atoms with E-state index in [1.165, 1.54) is 0 Å². The molecule has 0 amide bonds. The highest BCUT2D eigenvalue weighted by molar-refractivity contribution is 5.79. The van der Waals surface area contributed by atoms with E-state index in [-0.39, 0.29) is 0 Å². The normalized spacial score (nSPS) is 11.8. The van der Waals surface area contributed by atoms with Crippen molar-refractivity contribution < 1.29 is 0 Å². The van der Waals surface area contributed by atoms with Gasteiger partial charge in [-0.2, -0.15) is 0 Å². The second kappa shape index (κ2) is 3.76. The van der Waals surface area contributed by atoms with Gasteiger partial charge < -0.3 is 9.13 Å². The molecule has 3 aromatic heterocycles. The minimum absolute atomic E-state index is 0.683. The van der Waals surface area contributed by atoms with Crippen molar-refractivity contribution >= 4 is 22.6 Å². The van der Waals surface area contributed by atoms with Gasteiger partial charge in [0, 0.05) is 26.9 Å². The summed E-state index contributed by atoms with van der Waals surface area (Å²) in [7, 11) is 3.96. The van der Waals surface area contributed by atoms with E-state index >= 15 is 0 Å². The van der Waals surface area contributed by atoms with E-state index in [1.807, 2.05) is 23.2 Å². The van der Waals surface area contributed by atoms with Crippen molar-refractivity contribution in [3.63, 3.8) is 0 Å². The van der Waals surface area contributed by atoms with Crippen molar-refractivity contribution in [1.29, 1.82) is 0 Å². The van der Waals surface area contributed by atoms with Crippen LogP contribution in [0.5, 0.6) is 0 Å². The molecule has 0 aliphatic carbocycles. The van der Waals surface area contributed by atoms with Crippen LogP contribution in [-0.4, -0.2) is 29.1 Å². The van der Waals surface area contributed by atoms with Crippen molar-refractivity contribution in [3.05, 3.63) is 11.6 Å². The Kier molecular flexibility index (Phi) is 2.33. The summed E-state index contributed by atoms with van der Waals surface area (Å²) in [5, 5.41) is 0. The molecular formula is C12H16N6. The lowest BCUT2D eigenvalue weighted by Crippen LogP contribution is -1.99. The molecule has 0 radical (unpaired) electrons. The van der Waals surface area contributed by atoms with Gasteiger partial charge in [-0.15, -0.1) is 0 Å². The third-order valence-corrected chi connectivity index (χ3v) is 3.34. The number of fused-ring (bicyclic) bond motifs is 2. The summed E-state index contributed by atoms with van der Waals surface area (Å²) in [6, 6.07) is 0. The van der Waals surface area contributed by atoms with Crippen molar-refractivity contribution in [2.45, 2.75) is 26.7 Å². The number of rotatable bonds is 2. The number of aromatic nitrogens is 6. The molecular weight excluding hydrogens is 228 g/mol. The van der Waals surface area contributed by atoms with E-state index < -0.39 is 0 Å². The SMILES string of the molecule is CCc1nc2nc3nc(CC)n(C)c3nc2n1C. The highest BCUT2D eigenvalue weighted by Gasteiger charge is 2.14. The largest absolute Gasteiger partial charge is 0.314 e. The first kappa shape index (κ1) is 11.1. The lowest BCUT2D eigenvalue weighted by Gasteiger charge is -1.99. The lowest BCUT2D eigenvalue weighted by atomic mass is 10.5. The third kappa shape index (κ3) is 1.35. The van der Waals surface area contributed by atoms with E-state index in [4.69, 9.17) is 0 Å². The van der Waals surface area contributed by atoms with Crippen molar-refractivity contribution in [2.24, 2.45) is 14.1 Å². The molecule has 3 heterocycles. The van der Waals surface area contributed by atoms with E-state index in [1.54, 1.807) is 0 Å². The van der Waals surface area contributed by atoms with Gasteiger partial charge in [0.2, 0.25) is 0 Å². The minimum Gasteiger partial charge on any atom is -0.314 e. The van der Waals surface area contributed by atoms with Crippen LogP contribution in [0.1, 0.15) is 25.5 Å². The summed E-state index contributed by atoms with van der Waals surface area (Å²) in [5.41, 5.74) is 3.01. The van der Waals surface area contributed by atoms with Gasteiger partial charge in [0.25, 0.3) is 0 Å². The number of hydrogen-bond acceptors (Lipinski definition) is 4. The summed E-state index contributed by atoms with van der Waals surface area (Å²) < 4.78 is 4.00. The Morgan fingerprint density at radius 2 is 1.17 bits per heavy atom. The fraction of sp³-hybridized carbons (Fsp3) is 0.500.